The average molecular weight is 392 g/mol. The molecule has 28 heavy (non-hydrogen) atoms. The Hall–Kier alpha value is -3.11. The van der Waals surface area contributed by atoms with Gasteiger partial charge < -0.3 is 14.6 Å². The minimum Gasteiger partial charge on any atom is -0.475 e. The fourth-order valence-electron chi connectivity index (χ4n) is 2.62. The number of imide groups is 2. The number of carbonyl (C=O) groups is 5. The second-order valence-corrected chi connectivity index (χ2v) is 5.97. The topological polar surface area (TPSA) is 148 Å². The Balaban J connectivity index is 1.92. The number of carboxylic acids is 1. The van der Waals surface area contributed by atoms with Gasteiger partial charge in [-0.15, -0.1) is 0 Å². The van der Waals surface area contributed by atoms with E-state index >= 15 is 0 Å². The lowest BCUT2D eigenvalue weighted by Crippen LogP contribution is -2.59. The SMILES string of the molecule is O=C1NC(=O)C(C(Cc2ccccc2)OCCOCCC(=O)C(=O)O)C(=O)N1. The van der Waals surface area contributed by atoms with Crippen molar-refractivity contribution in [1.82, 2.24) is 10.6 Å². The van der Waals surface area contributed by atoms with Crippen molar-refractivity contribution in [1.29, 1.82) is 0 Å². The second-order valence-electron chi connectivity index (χ2n) is 5.97. The van der Waals surface area contributed by atoms with E-state index in [2.05, 4.69) is 0 Å². The molecule has 10 nitrogen and oxygen atoms in total. The lowest BCUT2D eigenvalue weighted by Gasteiger charge is -2.28. The Morgan fingerprint density at radius 1 is 1.00 bits per heavy atom. The van der Waals surface area contributed by atoms with E-state index in [1.807, 2.05) is 28.8 Å². The molecule has 1 heterocycles. The molecule has 1 atom stereocenters. The summed E-state index contributed by atoms with van der Waals surface area (Å²) < 4.78 is 10.8. The van der Waals surface area contributed by atoms with Crippen molar-refractivity contribution in [2.24, 2.45) is 5.92 Å². The number of hydrogen-bond acceptors (Lipinski definition) is 7. The highest BCUT2D eigenvalue weighted by molar-refractivity contribution is 6.32. The maximum Gasteiger partial charge on any atom is 0.372 e. The molecule has 150 valence electrons. The fraction of sp³-hybridized carbons (Fsp3) is 0.389. The number of Topliss-reactive ketones (excluding diaryl/α,β-unsaturated/α-hetero) is 1. The largest absolute Gasteiger partial charge is 0.475 e. The monoisotopic (exact) mass is 392 g/mol. The van der Waals surface area contributed by atoms with Gasteiger partial charge in [-0.1, -0.05) is 30.3 Å². The van der Waals surface area contributed by atoms with Crippen LogP contribution in [0.1, 0.15) is 12.0 Å². The van der Waals surface area contributed by atoms with Crippen LogP contribution in [0.3, 0.4) is 0 Å². The number of aliphatic carboxylic acids is 1. The van der Waals surface area contributed by atoms with Crippen LogP contribution in [0.15, 0.2) is 30.3 Å². The summed E-state index contributed by atoms with van der Waals surface area (Å²) in [7, 11) is 0. The summed E-state index contributed by atoms with van der Waals surface area (Å²) in [5.74, 6) is -5.19. The van der Waals surface area contributed by atoms with Gasteiger partial charge in [0.1, 0.15) is 5.92 Å². The number of ether oxygens (including phenoxy) is 2. The number of ketones is 1. The fourth-order valence-corrected chi connectivity index (χ4v) is 2.62. The summed E-state index contributed by atoms with van der Waals surface area (Å²) in [4.78, 5) is 56.9. The minimum atomic E-state index is -1.52. The summed E-state index contributed by atoms with van der Waals surface area (Å²) in [6.07, 6.45) is -0.865. The molecule has 0 aromatic heterocycles. The molecule has 1 aliphatic heterocycles. The zero-order valence-corrected chi connectivity index (χ0v) is 14.9. The molecule has 0 spiro atoms. The zero-order valence-electron chi connectivity index (χ0n) is 14.9. The van der Waals surface area contributed by atoms with Crippen LogP contribution < -0.4 is 10.6 Å². The molecule has 1 saturated heterocycles. The van der Waals surface area contributed by atoms with Gasteiger partial charge in [-0.05, 0) is 12.0 Å². The molecule has 1 aromatic carbocycles. The van der Waals surface area contributed by atoms with Gasteiger partial charge in [0.15, 0.2) is 0 Å². The van der Waals surface area contributed by atoms with Gasteiger partial charge in [0.05, 0.1) is 25.9 Å². The lowest BCUT2D eigenvalue weighted by atomic mass is 9.93. The quantitative estimate of drug-likeness (QED) is 0.263. The van der Waals surface area contributed by atoms with E-state index in [0.717, 1.165) is 5.56 Å². The maximum absolute atomic E-state index is 12.1. The molecule has 1 unspecified atom stereocenters. The van der Waals surface area contributed by atoms with Gasteiger partial charge in [0.2, 0.25) is 17.6 Å². The van der Waals surface area contributed by atoms with Crippen LogP contribution in [0.25, 0.3) is 0 Å². The predicted octanol–water partition coefficient (Wildman–Crippen LogP) is -0.343. The molecular formula is C18H20N2O8. The van der Waals surface area contributed by atoms with Gasteiger partial charge in [-0.25, -0.2) is 9.59 Å². The number of nitrogens with one attached hydrogen (secondary N) is 2. The molecule has 1 aliphatic rings. The van der Waals surface area contributed by atoms with Gasteiger partial charge in [0.25, 0.3) is 0 Å². The van der Waals surface area contributed by atoms with Crippen LogP contribution in [0.5, 0.6) is 0 Å². The zero-order chi connectivity index (χ0) is 20.5. The Labute approximate surface area is 160 Å². The van der Waals surface area contributed by atoms with Crippen molar-refractivity contribution in [3.63, 3.8) is 0 Å². The van der Waals surface area contributed by atoms with Crippen molar-refractivity contribution in [2.45, 2.75) is 18.9 Å². The van der Waals surface area contributed by atoms with E-state index in [-0.39, 0.29) is 32.7 Å². The number of amides is 4. The Morgan fingerprint density at radius 2 is 1.64 bits per heavy atom. The predicted molar refractivity (Wildman–Crippen MR) is 93.1 cm³/mol. The van der Waals surface area contributed by atoms with Gasteiger partial charge in [-0.2, -0.15) is 0 Å². The summed E-state index contributed by atoms with van der Waals surface area (Å²) in [6, 6.07) is 8.18. The van der Waals surface area contributed by atoms with Crippen LogP contribution in [-0.4, -0.2) is 60.6 Å². The van der Waals surface area contributed by atoms with Crippen molar-refractivity contribution < 1.29 is 38.6 Å². The van der Waals surface area contributed by atoms with E-state index in [9.17, 15) is 24.0 Å². The van der Waals surface area contributed by atoms with Crippen LogP contribution >= 0.6 is 0 Å². The van der Waals surface area contributed by atoms with Crippen molar-refractivity contribution in [3.8, 4) is 0 Å². The molecule has 0 radical (unpaired) electrons. The number of carbonyl (C=O) groups excluding carboxylic acids is 4. The number of benzene rings is 1. The third-order valence-electron chi connectivity index (χ3n) is 3.96. The molecule has 0 bridgehead atoms. The molecular weight excluding hydrogens is 372 g/mol. The lowest BCUT2D eigenvalue weighted by molar-refractivity contribution is -0.149. The first-order valence-electron chi connectivity index (χ1n) is 8.53. The highest BCUT2D eigenvalue weighted by atomic mass is 16.5. The van der Waals surface area contributed by atoms with Crippen LogP contribution in [0, 0.1) is 5.92 Å². The molecule has 0 aliphatic carbocycles. The van der Waals surface area contributed by atoms with E-state index in [0.29, 0.717) is 0 Å². The Bertz CT molecular complexity index is 729. The van der Waals surface area contributed by atoms with E-state index in [4.69, 9.17) is 14.6 Å². The molecule has 2 rings (SSSR count). The van der Waals surface area contributed by atoms with Crippen LogP contribution in [0.4, 0.5) is 4.79 Å². The van der Waals surface area contributed by atoms with Gasteiger partial charge in [-0.3, -0.25) is 25.0 Å². The van der Waals surface area contributed by atoms with E-state index in [1.165, 1.54) is 0 Å². The van der Waals surface area contributed by atoms with Crippen molar-refractivity contribution in [2.75, 3.05) is 19.8 Å². The highest BCUT2D eigenvalue weighted by Gasteiger charge is 2.40. The number of rotatable bonds is 11. The summed E-state index contributed by atoms with van der Waals surface area (Å²) in [5.41, 5.74) is 0.831. The Morgan fingerprint density at radius 3 is 2.25 bits per heavy atom. The average Bonchev–Trinajstić information content (AvgIpc) is 2.64. The third-order valence-corrected chi connectivity index (χ3v) is 3.96. The van der Waals surface area contributed by atoms with Crippen LogP contribution in [0.2, 0.25) is 0 Å². The van der Waals surface area contributed by atoms with Crippen molar-refractivity contribution in [3.05, 3.63) is 35.9 Å². The number of carboxylic acid groups (broad SMARTS) is 1. The third kappa shape index (κ3) is 6.25. The first-order valence-corrected chi connectivity index (χ1v) is 8.53. The normalized spacial score (nSPS) is 15.6. The number of barbiturate groups is 1. The summed E-state index contributed by atoms with van der Waals surface area (Å²) in [6.45, 7) is -0.0480. The molecule has 3 N–H and O–H groups in total. The smallest absolute Gasteiger partial charge is 0.372 e. The molecule has 4 amide bonds. The summed E-state index contributed by atoms with van der Waals surface area (Å²) >= 11 is 0. The Kier molecular flexibility index (Phi) is 7.78. The standard InChI is InChI=1S/C18H20N2O8/c21-12(17(24)25)6-7-27-8-9-28-13(10-11-4-2-1-3-5-11)14-15(22)19-18(26)20-16(14)23/h1-5,13-14H,6-10H2,(H,24,25)(H2,19,20,22,23,26). The first kappa shape index (κ1) is 21.2. The molecule has 0 saturated carbocycles. The first-order chi connectivity index (χ1) is 13.4. The van der Waals surface area contributed by atoms with Gasteiger partial charge in [0, 0.05) is 6.42 Å². The van der Waals surface area contributed by atoms with E-state index < -0.39 is 41.6 Å². The highest BCUT2D eigenvalue weighted by Crippen LogP contribution is 2.17. The van der Waals surface area contributed by atoms with Crippen molar-refractivity contribution >= 4 is 29.6 Å². The molecule has 1 fully saturated rings. The molecule has 10 heteroatoms. The number of hydrogen-bond donors (Lipinski definition) is 3. The second kappa shape index (κ2) is 10.3. The summed E-state index contributed by atoms with van der Waals surface area (Å²) in [5, 5.41) is 12.6. The van der Waals surface area contributed by atoms with E-state index in [1.54, 1.807) is 12.1 Å². The molecule has 1 aromatic rings. The van der Waals surface area contributed by atoms with Crippen LogP contribution in [-0.2, 0) is 35.1 Å². The van der Waals surface area contributed by atoms with Gasteiger partial charge >= 0.3 is 12.0 Å². The number of urea groups is 1. The maximum atomic E-state index is 12.1. The minimum absolute atomic E-state index is 0.00374.